The number of hydrogen-bond acceptors (Lipinski definition) is 3. The summed E-state index contributed by atoms with van der Waals surface area (Å²) in [5.41, 5.74) is 2.08. The van der Waals surface area contributed by atoms with Gasteiger partial charge in [0.15, 0.2) is 0 Å². The second-order valence-electron chi connectivity index (χ2n) is 5.46. The Morgan fingerprint density at radius 1 is 1.05 bits per heavy atom. The molecule has 1 aliphatic rings. The fourth-order valence-corrected chi connectivity index (χ4v) is 2.74. The van der Waals surface area contributed by atoms with Crippen LogP contribution in [-0.4, -0.2) is 24.0 Å². The molecule has 0 radical (unpaired) electrons. The number of carbonyl (C=O) groups is 1. The van der Waals surface area contributed by atoms with E-state index in [1.165, 1.54) is 37.6 Å². The Morgan fingerprint density at radius 3 is 2.55 bits per heavy atom. The summed E-state index contributed by atoms with van der Waals surface area (Å²) in [5.74, 6) is -0.222. The highest BCUT2D eigenvalue weighted by atomic mass is 16.1. The van der Waals surface area contributed by atoms with Gasteiger partial charge in [0.25, 0.3) is 5.91 Å². The first-order valence-corrected chi connectivity index (χ1v) is 7.58. The molecule has 1 amide bonds. The van der Waals surface area contributed by atoms with E-state index in [4.69, 9.17) is 0 Å². The van der Waals surface area contributed by atoms with Crippen LogP contribution in [0.4, 0.5) is 11.4 Å². The smallest absolute Gasteiger partial charge is 0.257 e. The molecule has 0 saturated carbocycles. The van der Waals surface area contributed by atoms with Gasteiger partial charge in [-0.05, 0) is 37.5 Å². The molecule has 2 aromatic rings. The lowest BCUT2D eigenvalue weighted by atomic mass is 10.1. The van der Waals surface area contributed by atoms with Crippen molar-refractivity contribution in [2.45, 2.75) is 19.3 Å². The monoisotopic (exact) mass is 297 g/mol. The van der Waals surface area contributed by atoms with Crippen LogP contribution in [-0.2, 0) is 0 Å². The Bertz CT molecular complexity index is 697. The number of aromatic nitrogens is 1. The van der Waals surface area contributed by atoms with E-state index in [2.05, 4.69) is 15.2 Å². The maximum absolute atomic E-state index is 12.3. The molecule has 5 nitrogen and oxygen atoms in total. The number of H-pyrrole nitrogens is 1. The predicted molar refractivity (Wildman–Crippen MR) is 87.5 cm³/mol. The van der Waals surface area contributed by atoms with E-state index in [0.29, 0.717) is 5.56 Å². The van der Waals surface area contributed by atoms with E-state index in [1.54, 1.807) is 0 Å². The van der Waals surface area contributed by atoms with Crippen molar-refractivity contribution in [1.82, 2.24) is 4.98 Å². The first-order valence-electron chi connectivity index (χ1n) is 7.58. The van der Waals surface area contributed by atoms with Crippen molar-refractivity contribution >= 4 is 17.3 Å². The van der Waals surface area contributed by atoms with Gasteiger partial charge >= 0.3 is 0 Å². The van der Waals surface area contributed by atoms with Crippen molar-refractivity contribution in [2.24, 2.45) is 0 Å². The lowest BCUT2D eigenvalue weighted by Crippen LogP contribution is -2.30. The number of carbonyl (C=O) groups excluding carboxylic acids is 1. The normalized spacial score (nSPS) is 14.6. The second kappa shape index (κ2) is 6.47. The highest BCUT2D eigenvalue weighted by molar-refractivity contribution is 6.05. The highest BCUT2D eigenvalue weighted by Gasteiger charge is 2.15. The Labute approximate surface area is 129 Å². The number of pyridine rings is 1. The number of nitrogens with zero attached hydrogens (tertiary/aromatic N) is 1. The number of aromatic amines is 1. The average Bonchev–Trinajstić information content (AvgIpc) is 2.57. The summed E-state index contributed by atoms with van der Waals surface area (Å²) >= 11 is 0. The lowest BCUT2D eigenvalue weighted by molar-refractivity contribution is 0.102. The Hall–Kier alpha value is -2.56. The van der Waals surface area contributed by atoms with Gasteiger partial charge in [-0.25, -0.2) is 0 Å². The molecule has 1 fully saturated rings. The number of para-hydroxylation sites is 2. The fourth-order valence-electron chi connectivity index (χ4n) is 2.74. The molecule has 0 atom stereocenters. The molecule has 1 saturated heterocycles. The average molecular weight is 297 g/mol. The molecule has 1 aliphatic heterocycles. The summed E-state index contributed by atoms with van der Waals surface area (Å²) in [5, 5.41) is 2.94. The fraction of sp³-hybridized carbons (Fsp3) is 0.294. The van der Waals surface area contributed by atoms with Gasteiger partial charge in [0, 0.05) is 25.4 Å². The van der Waals surface area contributed by atoms with Crippen molar-refractivity contribution in [2.75, 3.05) is 23.3 Å². The molecule has 5 heteroatoms. The van der Waals surface area contributed by atoms with E-state index < -0.39 is 0 Å². The number of amides is 1. The van der Waals surface area contributed by atoms with Crippen LogP contribution in [0, 0.1) is 0 Å². The van der Waals surface area contributed by atoms with Gasteiger partial charge in [-0.3, -0.25) is 9.59 Å². The van der Waals surface area contributed by atoms with Gasteiger partial charge in [-0.1, -0.05) is 12.1 Å². The summed E-state index contributed by atoms with van der Waals surface area (Å²) in [6.07, 6.45) is 5.06. The number of rotatable bonds is 3. The maximum atomic E-state index is 12.3. The first kappa shape index (κ1) is 14.4. The van der Waals surface area contributed by atoms with Crippen LogP contribution < -0.4 is 15.8 Å². The maximum Gasteiger partial charge on any atom is 0.257 e. The molecule has 1 aromatic carbocycles. The van der Waals surface area contributed by atoms with E-state index in [9.17, 15) is 9.59 Å². The van der Waals surface area contributed by atoms with Crippen molar-refractivity contribution in [1.29, 1.82) is 0 Å². The van der Waals surface area contributed by atoms with Crippen LogP contribution in [0.1, 0.15) is 29.6 Å². The molecular weight excluding hydrogens is 278 g/mol. The molecule has 2 heterocycles. The molecule has 0 unspecified atom stereocenters. The Morgan fingerprint density at radius 2 is 1.82 bits per heavy atom. The quantitative estimate of drug-likeness (QED) is 0.915. The summed E-state index contributed by atoms with van der Waals surface area (Å²) in [6, 6.07) is 10.7. The van der Waals surface area contributed by atoms with Crippen LogP contribution in [0.15, 0.2) is 47.4 Å². The summed E-state index contributed by atoms with van der Waals surface area (Å²) in [4.78, 5) is 28.2. The topological polar surface area (TPSA) is 65.2 Å². The van der Waals surface area contributed by atoms with Crippen LogP contribution in [0.25, 0.3) is 0 Å². The van der Waals surface area contributed by atoms with Crippen molar-refractivity contribution in [3.63, 3.8) is 0 Å². The second-order valence-corrected chi connectivity index (χ2v) is 5.46. The molecule has 0 aliphatic carbocycles. The molecule has 0 bridgehead atoms. The number of hydrogen-bond donors (Lipinski definition) is 2. The van der Waals surface area contributed by atoms with Gasteiger partial charge in [-0.15, -0.1) is 0 Å². The van der Waals surface area contributed by atoms with Crippen molar-refractivity contribution < 1.29 is 4.79 Å². The highest BCUT2D eigenvalue weighted by Crippen LogP contribution is 2.28. The summed E-state index contributed by atoms with van der Waals surface area (Å²) in [7, 11) is 0. The first-order chi connectivity index (χ1) is 10.7. The van der Waals surface area contributed by atoms with Crippen LogP contribution in [0.5, 0.6) is 0 Å². The standard InChI is InChI=1S/C17H19N3O2/c21-16-9-8-13(12-18-16)17(22)19-14-6-2-3-7-15(14)20-10-4-1-5-11-20/h2-3,6-9,12H,1,4-5,10-11H2,(H,18,21)(H,19,22). The molecule has 0 spiro atoms. The minimum atomic E-state index is -0.222. The zero-order valence-electron chi connectivity index (χ0n) is 12.3. The predicted octanol–water partition coefficient (Wildman–Crippen LogP) is 2.62. The van der Waals surface area contributed by atoms with Crippen molar-refractivity contribution in [3.8, 4) is 0 Å². The third-order valence-electron chi connectivity index (χ3n) is 3.90. The van der Waals surface area contributed by atoms with Crippen molar-refractivity contribution in [3.05, 3.63) is 58.5 Å². The minimum absolute atomic E-state index is 0.217. The van der Waals surface area contributed by atoms with Gasteiger partial charge in [-0.2, -0.15) is 0 Å². The van der Waals surface area contributed by atoms with Crippen LogP contribution in [0.2, 0.25) is 0 Å². The third-order valence-corrected chi connectivity index (χ3v) is 3.90. The van der Waals surface area contributed by atoms with E-state index in [-0.39, 0.29) is 11.5 Å². The lowest BCUT2D eigenvalue weighted by Gasteiger charge is -2.30. The van der Waals surface area contributed by atoms with E-state index in [1.807, 2.05) is 24.3 Å². The number of piperidine rings is 1. The zero-order valence-corrected chi connectivity index (χ0v) is 12.3. The molecule has 1 aromatic heterocycles. The molecular formula is C17H19N3O2. The third kappa shape index (κ3) is 3.19. The van der Waals surface area contributed by atoms with Crippen LogP contribution >= 0.6 is 0 Å². The number of benzene rings is 1. The number of anilines is 2. The summed E-state index contributed by atoms with van der Waals surface area (Å²) in [6.45, 7) is 2.04. The van der Waals surface area contributed by atoms with Gasteiger partial charge in [0.05, 0.1) is 16.9 Å². The largest absolute Gasteiger partial charge is 0.370 e. The minimum Gasteiger partial charge on any atom is -0.370 e. The molecule has 2 N–H and O–H groups in total. The van der Waals surface area contributed by atoms with Gasteiger partial charge < -0.3 is 15.2 Å². The number of nitrogens with one attached hydrogen (secondary N) is 2. The molecule has 3 rings (SSSR count). The molecule has 114 valence electrons. The van der Waals surface area contributed by atoms with Gasteiger partial charge in [0.2, 0.25) is 5.56 Å². The molecule has 22 heavy (non-hydrogen) atoms. The van der Waals surface area contributed by atoms with E-state index in [0.717, 1.165) is 24.5 Å². The van der Waals surface area contributed by atoms with Crippen LogP contribution in [0.3, 0.4) is 0 Å². The Balaban J connectivity index is 1.81. The van der Waals surface area contributed by atoms with E-state index >= 15 is 0 Å². The SMILES string of the molecule is O=C(Nc1ccccc1N1CCCCC1)c1ccc(=O)[nH]c1. The zero-order chi connectivity index (χ0) is 15.4. The summed E-state index contributed by atoms with van der Waals surface area (Å²) < 4.78 is 0. The van der Waals surface area contributed by atoms with Gasteiger partial charge in [0.1, 0.15) is 0 Å². The Kier molecular flexibility index (Phi) is 4.23.